The zero-order valence-electron chi connectivity index (χ0n) is 7.58. The maximum absolute atomic E-state index is 5.88. The van der Waals surface area contributed by atoms with Crippen molar-refractivity contribution in [2.24, 2.45) is 5.73 Å². The molecule has 2 unspecified atom stereocenters. The van der Waals surface area contributed by atoms with E-state index < -0.39 is 0 Å². The minimum atomic E-state index is 0.0304. The van der Waals surface area contributed by atoms with E-state index in [1.54, 1.807) is 0 Å². The summed E-state index contributed by atoms with van der Waals surface area (Å²) in [5.41, 5.74) is 6.98. The highest BCUT2D eigenvalue weighted by Gasteiger charge is 2.21. The van der Waals surface area contributed by atoms with E-state index in [1.165, 1.54) is 0 Å². The van der Waals surface area contributed by atoms with E-state index in [1.807, 2.05) is 6.92 Å². The van der Waals surface area contributed by atoms with E-state index in [-0.39, 0.29) is 12.1 Å². The smallest absolute Gasteiger partial charge is 0.0963 e. The standard InChI is InChI=1S/C9H17NO2/c1-7(2)5-8(10)9-6-11-3-4-12-9/h8-9H,1,3-6,10H2,2H3. The molecule has 0 amide bonds. The lowest BCUT2D eigenvalue weighted by Gasteiger charge is -2.27. The highest BCUT2D eigenvalue weighted by atomic mass is 16.6. The van der Waals surface area contributed by atoms with Crippen LogP contribution in [0.15, 0.2) is 12.2 Å². The molecule has 3 heteroatoms. The van der Waals surface area contributed by atoms with Gasteiger partial charge in [0.1, 0.15) is 0 Å². The van der Waals surface area contributed by atoms with Crippen molar-refractivity contribution in [1.29, 1.82) is 0 Å². The predicted molar refractivity (Wildman–Crippen MR) is 48.0 cm³/mol. The van der Waals surface area contributed by atoms with Gasteiger partial charge in [0.05, 0.1) is 25.9 Å². The molecule has 2 N–H and O–H groups in total. The van der Waals surface area contributed by atoms with Crippen molar-refractivity contribution in [3.8, 4) is 0 Å². The van der Waals surface area contributed by atoms with Gasteiger partial charge in [-0.3, -0.25) is 0 Å². The Kier molecular flexibility index (Phi) is 3.72. The second-order valence-corrected chi connectivity index (χ2v) is 3.31. The van der Waals surface area contributed by atoms with Gasteiger partial charge in [0, 0.05) is 6.04 Å². The van der Waals surface area contributed by atoms with Crippen molar-refractivity contribution in [3.63, 3.8) is 0 Å². The molecule has 12 heavy (non-hydrogen) atoms. The molecule has 0 spiro atoms. The minimum absolute atomic E-state index is 0.0304. The topological polar surface area (TPSA) is 44.5 Å². The molecule has 0 aromatic carbocycles. The largest absolute Gasteiger partial charge is 0.376 e. The molecule has 0 saturated carbocycles. The van der Waals surface area contributed by atoms with Gasteiger partial charge in [-0.25, -0.2) is 0 Å². The van der Waals surface area contributed by atoms with Gasteiger partial charge in [-0.1, -0.05) is 5.57 Å². The van der Waals surface area contributed by atoms with E-state index in [4.69, 9.17) is 15.2 Å². The van der Waals surface area contributed by atoms with Crippen molar-refractivity contribution in [3.05, 3.63) is 12.2 Å². The number of nitrogens with two attached hydrogens (primary N) is 1. The molecule has 1 saturated heterocycles. The van der Waals surface area contributed by atoms with E-state index in [0.717, 1.165) is 12.0 Å². The van der Waals surface area contributed by atoms with Crippen LogP contribution < -0.4 is 5.73 Å². The molecular weight excluding hydrogens is 154 g/mol. The lowest BCUT2D eigenvalue weighted by molar-refractivity contribution is -0.0967. The zero-order valence-corrected chi connectivity index (χ0v) is 7.58. The van der Waals surface area contributed by atoms with E-state index in [2.05, 4.69) is 6.58 Å². The van der Waals surface area contributed by atoms with Crippen molar-refractivity contribution >= 4 is 0 Å². The molecule has 0 aliphatic carbocycles. The molecule has 0 aromatic rings. The molecule has 2 atom stereocenters. The Morgan fingerprint density at radius 3 is 2.92 bits per heavy atom. The van der Waals surface area contributed by atoms with Gasteiger partial charge in [0.25, 0.3) is 0 Å². The van der Waals surface area contributed by atoms with Gasteiger partial charge >= 0.3 is 0 Å². The van der Waals surface area contributed by atoms with Crippen molar-refractivity contribution in [1.82, 2.24) is 0 Å². The third kappa shape index (κ3) is 2.93. The molecule has 0 aromatic heterocycles. The van der Waals surface area contributed by atoms with Crippen LogP contribution in [0.25, 0.3) is 0 Å². The maximum Gasteiger partial charge on any atom is 0.0963 e. The normalized spacial score (nSPS) is 26.7. The maximum atomic E-state index is 5.88. The summed E-state index contributed by atoms with van der Waals surface area (Å²) in [4.78, 5) is 0. The van der Waals surface area contributed by atoms with Crippen LogP contribution in [0.5, 0.6) is 0 Å². The number of ether oxygens (including phenoxy) is 2. The summed E-state index contributed by atoms with van der Waals surface area (Å²) in [6, 6.07) is 0.0304. The fourth-order valence-corrected chi connectivity index (χ4v) is 1.29. The molecule has 1 heterocycles. The van der Waals surface area contributed by atoms with Crippen LogP contribution in [0.4, 0.5) is 0 Å². The monoisotopic (exact) mass is 171 g/mol. The molecule has 1 fully saturated rings. The van der Waals surface area contributed by atoms with Crippen LogP contribution in [0.1, 0.15) is 13.3 Å². The van der Waals surface area contributed by atoms with Gasteiger partial charge in [-0.2, -0.15) is 0 Å². The van der Waals surface area contributed by atoms with Crippen LogP contribution in [0, 0.1) is 0 Å². The van der Waals surface area contributed by atoms with Gasteiger partial charge in [-0.05, 0) is 13.3 Å². The molecule has 0 bridgehead atoms. The lowest BCUT2D eigenvalue weighted by atomic mass is 10.0. The fraction of sp³-hybridized carbons (Fsp3) is 0.778. The van der Waals surface area contributed by atoms with Crippen LogP contribution in [-0.4, -0.2) is 32.0 Å². The summed E-state index contributed by atoms with van der Waals surface area (Å²) in [6.07, 6.45) is 0.865. The summed E-state index contributed by atoms with van der Waals surface area (Å²) >= 11 is 0. The zero-order chi connectivity index (χ0) is 8.97. The average molecular weight is 171 g/mol. The van der Waals surface area contributed by atoms with E-state index >= 15 is 0 Å². The number of hydrogen-bond donors (Lipinski definition) is 1. The molecular formula is C9H17NO2. The van der Waals surface area contributed by atoms with Crippen molar-refractivity contribution in [2.75, 3.05) is 19.8 Å². The third-order valence-electron chi connectivity index (χ3n) is 1.90. The van der Waals surface area contributed by atoms with Crippen LogP contribution >= 0.6 is 0 Å². The first-order chi connectivity index (χ1) is 5.70. The quantitative estimate of drug-likeness (QED) is 0.635. The molecule has 1 aliphatic heterocycles. The molecule has 0 radical (unpaired) electrons. The first-order valence-corrected chi connectivity index (χ1v) is 4.29. The Labute approximate surface area is 73.5 Å². The van der Waals surface area contributed by atoms with Crippen molar-refractivity contribution < 1.29 is 9.47 Å². The summed E-state index contributed by atoms with van der Waals surface area (Å²) in [5.74, 6) is 0. The predicted octanol–water partition coefficient (Wildman–Crippen LogP) is 0.695. The second-order valence-electron chi connectivity index (χ2n) is 3.31. The number of hydrogen-bond acceptors (Lipinski definition) is 3. The van der Waals surface area contributed by atoms with Crippen LogP contribution in [0.3, 0.4) is 0 Å². The lowest BCUT2D eigenvalue weighted by Crippen LogP contribution is -2.43. The highest BCUT2D eigenvalue weighted by Crippen LogP contribution is 2.10. The highest BCUT2D eigenvalue weighted by molar-refractivity contribution is 4.94. The van der Waals surface area contributed by atoms with E-state index in [9.17, 15) is 0 Å². The van der Waals surface area contributed by atoms with Crippen molar-refractivity contribution in [2.45, 2.75) is 25.5 Å². The Bertz CT molecular complexity index is 153. The average Bonchev–Trinajstić information content (AvgIpc) is 2.05. The van der Waals surface area contributed by atoms with E-state index in [0.29, 0.717) is 19.8 Å². The van der Waals surface area contributed by atoms with Gasteiger partial charge in [0.2, 0.25) is 0 Å². The van der Waals surface area contributed by atoms with Crippen LogP contribution in [0.2, 0.25) is 0 Å². The molecule has 3 nitrogen and oxygen atoms in total. The SMILES string of the molecule is C=C(C)CC(N)C1COCCO1. The molecule has 1 rings (SSSR count). The Balaban J connectivity index is 2.29. The van der Waals surface area contributed by atoms with Gasteiger partial charge < -0.3 is 15.2 Å². The summed E-state index contributed by atoms with van der Waals surface area (Å²) in [5, 5.41) is 0. The Hall–Kier alpha value is -0.380. The first-order valence-electron chi connectivity index (χ1n) is 4.29. The Morgan fingerprint density at radius 2 is 2.42 bits per heavy atom. The van der Waals surface area contributed by atoms with Crippen LogP contribution in [-0.2, 0) is 9.47 Å². The third-order valence-corrected chi connectivity index (χ3v) is 1.90. The fourth-order valence-electron chi connectivity index (χ4n) is 1.29. The Morgan fingerprint density at radius 1 is 1.67 bits per heavy atom. The summed E-state index contributed by atoms with van der Waals surface area (Å²) in [6.45, 7) is 7.76. The van der Waals surface area contributed by atoms with Gasteiger partial charge in [0.15, 0.2) is 0 Å². The summed E-state index contributed by atoms with van der Waals surface area (Å²) < 4.78 is 10.7. The van der Waals surface area contributed by atoms with Gasteiger partial charge in [-0.15, -0.1) is 6.58 Å². The first kappa shape index (κ1) is 9.71. The second kappa shape index (κ2) is 4.60. The molecule has 70 valence electrons. The number of rotatable bonds is 3. The minimum Gasteiger partial charge on any atom is -0.376 e. The molecule has 1 aliphatic rings. The summed E-state index contributed by atoms with van der Waals surface area (Å²) in [7, 11) is 0.